The van der Waals surface area contributed by atoms with Crippen LogP contribution < -0.4 is 15.5 Å². The number of nitrogens with zero attached hydrogens (tertiary/aromatic N) is 1. The number of hydrogen-bond donors (Lipinski definition) is 2. The molecular weight excluding hydrogens is 346 g/mol. The first kappa shape index (κ1) is 18.7. The quantitative estimate of drug-likeness (QED) is 0.707. The molecular formula is C21H26ClN3O. The highest BCUT2D eigenvalue weighted by Gasteiger charge is 2.10. The molecule has 1 heterocycles. The molecule has 3 rings (SSSR count). The lowest BCUT2D eigenvalue weighted by Crippen LogP contribution is -2.29. The van der Waals surface area contributed by atoms with Gasteiger partial charge >= 0.3 is 0 Å². The van der Waals surface area contributed by atoms with Gasteiger partial charge in [-0.3, -0.25) is 4.79 Å². The predicted molar refractivity (Wildman–Crippen MR) is 109 cm³/mol. The van der Waals surface area contributed by atoms with Crippen LogP contribution in [0.2, 0.25) is 5.02 Å². The van der Waals surface area contributed by atoms with Crippen molar-refractivity contribution in [2.75, 3.05) is 29.9 Å². The normalized spacial score (nSPS) is 14.3. The zero-order valence-electron chi connectivity index (χ0n) is 15.0. The first-order valence-corrected chi connectivity index (χ1v) is 9.68. The number of hydrogen-bond acceptors (Lipinski definition) is 3. The van der Waals surface area contributed by atoms with Gasteiger partial charge in [0.25, 0.3) is 0 Å². The molecule has 0 aromatic heterocycles. The lowest BCUT2D eigenvalue weighted by molar-refractivity contribution is -0.116. The van der Waals surface area contributed by atoms with Gasteiger partial charge in [0, 0.05) is 49.0 Å². The first-order valence-electron chi connectivity index (χ1n) is 9.31. The van der Waals surface area contributed by atoms with Crippen LogP contribution in [0.25, 0.3) is 0 Å². The monoisotopic (exact) mass is 371 g/mol. The minimum Gasteiger partial charge on any atom is -0.372 e. The van der Waals surface area contributed by atoms with Crippen molar-refractivity contribution >= 4 is 28.9 Å². The summed E-state index contributed by atoms with van der Waals surface area (Å²) < 4.78 is 0. The zero-order valence-corrected chi connectivity index (χ0v) is 15.8. The summed E-state index contributed by atoms with van der Waals surface area (Å²) in [5.41, 5.74) is 3.25. The van der Waals surface area contributed by atoms with Crippen molar-refractivity contribution in [3.63, 3.8) is 0 Å². The van der Waals surface area contributed by atoms with E-state index in [1.54, 1.807) is 0 Å². The molecule has 1 fully saturated rings. The molecule has 0 atom stereocenters. The van der Waals surface area contributed by atoms with Crippen LogP contribution in [0.4, 0.5) is 11.4 Å². The van der Waals surface area contributed by atoms with Crippen molar-refractivity contribution in [1.29, 1.82) is 0 Å². The Morgan fingerprint density at radius 1 is 0.962 bits per heavy atom. The molecule has 0 aliphatic carbocycles. The molecule has 26 heavy (non-hydrogen) atoms. The van der Waals surface area contributed by atoms with E-state index in [1.165, 1.54) is 24.9 Å². The van der Waals surface area contributed by atoms with Crippen molar-refractivity contribution in [3.05, 3.63) is 59.1 Å². The van der Waals surface area contributed by atoms with E-state index in [9.17, 15) is 4.79 Å². The van der Waals surface area contributed by atoms with Crippen LogP contribution in [0.15, 0.2) is 48.5 Å². The smallest absolute Gasteiger partial charge is 0.225 e. The molecule has 4 nitrogen and oxygen atoms in total. The Kier molecular flexibility index (Phi) is 6.92. The van der Waals surface area contributed by atoms with Gasteiger partial charge in [0.05, 0.1) is 0 Å². The molecule has 0 radical (unpaired) electrons. The highest BCUT2D eigenvalue weighted by molar-refractivity contribution is 6.30. The van der Waals surface area contributed by atoms with E-state index in [4.69, 9.17) is 11.6 Å². The predicted octanol–water partition coefficient (Wildman–Crippen LogP) is 4.45. The molecule has 1 amide bonds. The van der Waals surface area contributed by atoms with E-state index in [0.29, 0.717) is 13.0 Å². The van der Waals surface area contributed by atoms with E-state index < -0.39 is 0 Å². The van der Waals surface area contributed by atoms with Gasteiger partial charge < -0.3 is 15.5 Å². The maximum Gasteiger partial charge on any atom is 0.225 e. The summed E-state index contributed by atoms with van der Waals surface area (Å²) >= 11 is 5.87. The number of halogens is 1. The summed E-state index contributed by atoms with van der Waals surface area (Å²) in [5.74, 6) is 0.0272. The van der Waals surface area contributed by atoms with Gasteiger partial charge in [0.2, 0.25) is 5.91 Å². The molecule has 0 unspecified atom stereocenters. The number of nitrogens with one attached hydrogen (secondary N) is 2. The topological polar surface area (TPSA) is 44.4 Å². The molecule has 2 N–H and O–H groups in total. The Morgan fingerprint density at radius 2 is 1.65 bits per heavy atom. The Hall–Kier alpha value is -2.04. The number of carbonyl (C=O) groups excluding carboxylic acids is 1. The van der Waals surface area contributed by atoms with E-state index in [-0.39, 0.29) is 5.91 Å². The number of rotatable bonds is 7. The number of amides is 1. The molecule has 138 valence electrons. The van der Waals surface area contributed by atoms with Crippen LogP contribution in [0.3, 0.4) is 0 Å². The molecule has 1 saturated heterocycles. The molecule has 1 aliphatic rings. The van der Waals surface area contributed by atoms with Crippen molar-refractivity contribution in [2.24, 2.45) is 0 Å². The number of carbonyl (C=O) groups is 1. The minimum atomic E-state index is 0.0272. The second-order valence-corrected chi connectivity index (χ2v) is 7.13. The molecule has 2 aromatic rings. The summed E-state index contributed by atoms with van der Waals surface area (Å²) in [6.07, 6.45) is 4.31. The Labute approximate surface area is 160 Å². The average Bonchev–Trinajstić information content (AvgIpc) is 2.68. The van der Waals surface area contributed by atoms with Gasteiger partial charge in [0.15, 0.2) is 0 Å². The standard InChI is InChI=1S/C21H26ClN3O/c22-18-6-4-17(5-7-18)16-23-13-12-21(26)24-19-8-10-20(11-9-19)25-14-2-1-3-15-25/h4-11,23H,1-3,12-16H2,(H,24,26). The fourth-order valence-corrected chi connectivity index (χ4v) is 3.29. The van der Waals surface area contributed by atoms with Gasteiger partial charge in [0.1, 0.15) is 0 Å². The van der Waals surface area contributed by atoms with E-state index in [0.717, 1.165) is 35.9 Å². The van der Waals surface area contributed by atoms with Crippen molar-refractivity contribution in [1.82, 2.24) is 5.32 Å². The van der Waals surface area contributed by atoms with Gasteiger partial charge in [-0.25, -0.2) is 0 Å². The highest BCUT2D eigenvalue weighted by atomic mass is 35.5. The van der Waals surface area contributed by atoms with Gasteiger partial charge in [-0.15, -0.1) is 0 Å². The maximum absolute atomic E-state index is 12.1. The summed E-state index contributed by atoms with van der Waals surface area (Å²) in [4.78, 5) is 14.5. The molecule has 0 spiro atoms. The van der Waals surface area contributed by atoms with Crippen molar-refractivity contribution in [2.45, 2.75) is 32.2 Å². The van der Waals surface area contributed by atoms with Gasteiger partial charge in [-0.1, -0.05) is 23.7 Å². The van der Waals surface area contributed by atoms with Crippen LogP contribution in [0.5, 0.6) is 0 Å². The maximum atomic E-state index is 12.1. The SMILES string of the molecule is O=C(CCNCc1ccc(Cl)cc1)Nc1ccc(N2CCCCC2)cc1. The molecule has 1 aliphatic heterocycles. The summed E-state index contributed by atoms with van der Waals surface area (Å²) in [5, 5.41) is 6.98. The minimum absolute atomic E-state index is 0.0272. The Bertz CT molecular complexity index is 694. The molecule has 0 saturated carbocycles. The van der Waals surface area contributed by atoms with E-state index in [2.05, 4.69) is 27.7 Å². The average molecular weight is 372 g/mol. The summed E-state index contributed by atoms with van der Waals surface area (Å²) in [6.45, 7) is 3.63. The number of benzene rings is 2. The lowest BCUT2D eigenvalue weighted by atomic mass is 10.1. The van der Waals surface area contributed by atoms with Crippen LogP contribution in [0.1, 0.15) is 31.2 Å². The van der Waals surface area contributed by atoms with E-state index >= 15 is 0 Å². The fraction of sp³-hybridized carbons (Fsp3) is 0.381. The third-order valence-corrected chi connectivity index (χ3v) is 4.90. The molecule has 5 heteroatoms. The van der Waals surface area contributed by atoms with Crippen molar-refractivity contribution in [3.8, 4) is 0 Å². The zero-order chi connectivity index (χ0) is 18.2. The van der Waals surface area contributed by atoms with Crippen LogP contribution in [-0.4, -0.2) is 25.5 Å². The van der Waals surface area contributed by atoms with Crippen LogP contribution >= 0.6 is 11.6 Å². The van der Waals surface area contributed by atoms with Crippen molar-refractivity contribution < 1.29 is 4.79 Å². The highest BCUT2D eigenvalue weighted by Crippen LogP contribution is 2.21. The molecule has 0 bridgehead atoms. The third kappa shape index (κ3) is 5.75. The summed E-state index contributed by atoms with van der Waals surface area (Å²) in [7, 11) is 0. The fourth-order valence-electron chi connectivity index (χ4n) is 3.17. The first-order chi connectivity index (χ1) is 12.7. The Morgan fingerprint density at radius 3 is 2.35 bits per heavy atom. The van der Waals surface area contributed by atoms with Gasteiger partial charge in [-0.2, -0.15) is 0 Å². The number of anilines is 2. The largest absolute Gasteiger partial charge is 0.372 e. The van der Waals surface area contributed by atoms with Crippen LogP contribution in [0, 0.1) is 0 Å². The summed E-state index contributed by atoms with van der Waals surface area (Å²) in [6, 6.07) is 15.9. The second-order valence-electron chi connectivity index (χ2n) is 6.70. The number of piperidine rings is 1. The van der Waals surface area contributed by atoms with Gasteiger partial charge in [-0.05, 0) is 61.2 Å². The van der Waals surface area contributed by atoms with Crippen LogP contribution in [-0.2, 0) is 11.3 Å². The third-order valence-electron chi connectivity index (χ3n) is 4.64. The lowest BCUT2D eigenvalue weighted by Gasteiger charge is -2.28. The van der Waals surface area contributed by atoms with E-state index in [1.807, 2.05) is 36.4 Å². The second kappa shape index (κ2) is 9.60. The molecule has 2 aromatic carbocycles. The Balaban J connectivity index is 1.38.